The largest absolute Gasteiger partial charge is 0.329 e. The monoisotopic (exact) mass is 417 g/mol. The Hall–Kier alpha value is -1.94. The summed E-state index contributed by atoms with van der Waals surface area (Å²) in [7, 11) is 1.99. The van der Waals surface area contributed by atoms with Crippen LogP contribution in [-0.2, 0) is 7.05 Å². The van der Waals surface area contributed by atoms with Gasteiger partial charge in [-0.15, -0.1) is 22.7 Å². The predicted molar refractivity (Wildman–Crippen MR) is 114 cm³/mol. The molecule has 0 bridgehead atoms. The number of imidazole rings is 1. The van der Waals surface area contributed by atoms with Crippen LogP contribution in [-0.4, -0.2) is 31.8 Å². The van der Waals surface area contributed by atoms with Crippen LogP contribution in [0, 0.1) is 0 Å². The molecule has 0 unspecified atom stereocenters. The highest BCUT2D eigenvalue weighted by Crippen LogP contribution is 2.33. The van der Waals surface area contributed by atoms with Crippen molar-refractivity contribution in [3.63, 3.8) is 0 Å². The summed E-state index contributed by atoms with van der Waals surface area (Å²) >= 11 is 4.85. The maximum absolute atomic E-state index is 12.7. The summed E-state index contributed by atoms with van der Waals surface area (Å²) in [5.74, 6) is 1.57. The zero-order valence-corrected chi connectivity index (χ0v) is 17.4. The summed E-state index contributed by atoms with van der Waals surface area (Å²) in [5.41, 5.74) is 0.896. The molecule has 0 saturated carbocycles. The van der Waals surface area contributed by atoms with Gasteiger partial charge in [0.1, 0.15) is 10.7 Å². The Morgan fingerprint density at radius 2 is 2.30 bits per heavy atom. The molecule has 0 aliphatic carbocycles. The van der Waals surface area contributed by atoms with E-state index in [1.54, 1.807) is 29.3 Å². The number of aromatic nitrogens is 4. The van der Waals surface area contributed by atoms with Crippen molar-refractivity contribution in [3.8, 4) is 10.4 Å². The molecule has 4 aromatic rings. The molecule has 1 atom stereocenters. The highest BCUT2D eigenvalue weighted by Gasteiger charge is 2.16. The minimum atomic E-state index is -0.0734. The molecule has 0 amide bonds. The van der Waals surface area contributed by atoms with E-state index < -0.39 is 0 Å². The number of thioether (sulfide) groups is 1. The topological polar surface area (TPSA) is 75.6 Å². The Kier molecular flexibility index (Phi) is 5.44. The van der Waals surface area contributed by atoms with Crippen molar-refractivity contribution >= 4 is 44.7 Å². The first-order chi connectivity index (χ1) is 13.1. The zero-order chi connectivity index (χ0) is 18.8. The average molecular weight is 418 g/mol. The van der Waals surface area contributed by atoms with Crippen LogP contribution in [0.3, 0.4) is 0 Å². The first-order valence-corrected chi connectivity index (χ1v) is 11.3. The van der Waals surface area contributed by atoms with E-state index in [2.05, 4.69) is 15.3 Å². The molecule has 0 aliphatic heterocycles. The number of aromatic amines is 1. The van der Waals surface area contributed by atoms with Gasteiger partial charge in [-0.1, -0.05) is 17.8 Å². The predicted octanol–water partition coefficient (Wildman–Crippen LogP) is 3.89. The normalized spacial score (nSPS) is 12.7. The van der Waals surface area contributed by atoms with Gasteiger partial charge in [-0.25, -0.2) is 9.97 Å². The number of thiophene rings is 2. The molecule has 27 heavy (non-hydrogen) atoms. The van der Waals surface area contributed by atoms with Gasteiger partial charge in [-0.3, -0.25) is 4.79 Å². The number of nitrogens with zero attached hydrogens (tertiary/aromatic N) is 3. The fraction of sp³-hybridized carbons (Fsp3) is 0.278. The molecule has 9 heteroatoms. The minimum Gasteiger partial charge on any atom is -0.329 e. The van der Waals surface area contributed by atoms with Crippen LogP contribution in [0.2, 0.25) is 0 Å². The summed E-state index contributed by atoms with van der Waals surface area (Å²) in [4.78, 5) is 26.5. The van der Waals surface area contributed by atoms with Gasteiger partial charge in [-0.05, 0) is 18.4 Å². The molecular weight excluding hydrogens is 398 g/mol. The van der Waals surface area contributed by atoms with Gasteiger partial charge in [0, 0.05) is 47.6 Å². The third kappa shape index (κ3) is 3.86. The lowest BCUT2D eigenvalue weighted by Gasteiger charge is -2.13. The van der Waals surface area contributed by atoms with Gasteiger partial charge < -0.3 is 14.9 Å². The second kappa shape index (κ2) is 7.97. The van der Waals surface area contributed by atoms with Gasteiger partial charge in [0.25, 0.3) is 5.56 Å². The second-order valence-electron chi connectivity index (χ2n) is 6.10. The Labute approximate surface area is 168 Å². The molecule has 4 heterocycles. The SMILES string of the molecule is C[C@@H](NCCSc1nccn1C)c1nc2scc(-c3cccs3)c2c(=O)[nH]1. The Morgan fingerprint density at radius 3 is 3.04 bits per heavy atom. The molecule has 0 saturated heterocycles. The lowest BCUT2D eigenvalue weighted by molar-refractivity contribution is 0.569. The fourth-order valence-electron chi connectivity index (χ4n) is 2.79. The maximum Gasteiger partial charge on any atom is 0.260 e. The van der Waals surface area contributed by atoms with E-state index in [1.165, 1.54) is 11.3 Å². The van der Waals surface area contributed by atoms with Crippen molar-refractivity contribution in [2.45, 2.75) is 18.1 Å². The van der Waals surface area contributed by atoms with Crippen LogP contribution >= 0.6 is 34.4 Å². The zero-order valence-electron chi connectivity index (χ0n) is 14.9. The van der Waals surface area contributed by atoms with Crippen LogP contribution in [0.15, 0.2) is 45.2 Å². The molecule has 140 valence electrons. The van der Waals surface area contributed by atoms with Crippen molar-refractivity contribution in [1.29, 1.82) is 0 Å². The summed E-state index contributed by atoms with van der Waals surface area (Å²) in [5, 5.41) is 9.14. The average Bonchev–Trinajstić information content (AvgIpc) is 3.39. The summed E-state index contributed by atoms with van der Waals surface area (Å²) in [6, 6.07) is 3.99. The quantitative estimate of drug-likeness (QED) is 0.352. The lowest BCUT2D eigenvalue weighted by atomic mass is 10.2. The molecule has 4 rings (SSSR count). The second-order valence-corrected chi connectivity index (χ2v) is 8.97. The van der Waals surface area contributed by atoms with Crippen molar-refractivity contribution in [2.24, 2.45) is 7.05 Å². The molecule has 0 aromatic carbocycles. The lowest BCUT2D eigenvalue weighted by Crippen LogP contribution is -2.25. The molecule has 6 nitrogen and oxygen atoms in total. The number of H-pyrrole nitrogens is 1. The summed E-state index contributed by atoms with van der Waals surface area (Å²) in [6.45, 7) is 2.81. The highest BCUT2D eigenvalue weighted by molar-refractivity contribution is 7.99. The number of nitrogens with one attached hydrogen (secondary N) is 2. The number of aryl methyl sites for hydroxylation is 1. The molecule has 0 spiro atoms. The third-order valence-electron chi connectivity index (χ3n) is 4.22. The van der Waals surface area contributed by atoms with E-state index in [1.807, 2.05) is 47.6 Å². The molecule has 2 N–H and O–H groups in total. The van der Waals surface area contributed by atoms with E-state index in [4.69, 9.17) is 4.98 Å². The van der Waals surface area contributed by atoms with Crippen LogP contribution < -0.4 is 10.9 Å². The number of fused-ring (bicyclic) bond motifs is 1. The third-order valence-corrected chi connectivity index (χ3v) is 7.05. The minimum absolute atomic E-state index is 0.0311. The van der Waals surface area contributed by atoms with E-state index in [0.717, 1.165) is 32.7 Å². The van der Waals surface area contributed by atoms with Crippen LogP contribution in [0.1, 0.15) is 18.8 Å². The maximum atomic E-state index is 12.7. The molecular formula is C18H19N5OS3. The molecule has 4 aromatic heterocycles. The van der Waals surface area contributed by atoms with Crippen molar-refractivity contribution in [1.82, 2.24) is 24.8 Å². The van der Waals surface area contributed by atoms with Gasteiger partial charge in [-0.2, -0.15) is 0 Å². The van der Waals surface area contributed by atoms with Gasteiger partial charge >= 0.3 is 0 Å². The van der Waals surface area contributed by atoms with Crippen LogP contribution in [0.4, 0.5) is 0 Å². The van der Waals surface area contributed by atoms with Crippen LogP contribution in [0.5, 0.6) is 0 Å². The van der Waals surface area contributed by atoms with E-state index in [-0.39, 0.29) is 11.6 Å². The van der Waals surface area contributed by atoms with Gasteiger partial charge in [0.2, 0.25) is 0 Å². The van der Waals surface area contributed by atoms with E-state index in [0.29, 0.717) is 11.2 Å². The standard InChI is InChI=1S/C18H19N5OS3/c1-11(19-6-9-26-18-20-5-7-23(18)2)15-21-16(24)14-12(10-27-17(14)22-15)13-4-3-8-25-13/h3-5,7-8,10-11,19H,6,9H2,1-2H3,(H,21,22,24)/t11-/m1/s1. The first kappa shape index (κ1) is 18.4. The van der Waals surface area contributed by atoms with Crippen LogP contribution in [0.25, 0.3) is 20.7 Å². The fourth-order valence-corrected chi connectivity index (χ4v) is 5.36. The van der Waals surface area contributed by atoms with Gasteiger partial charge in [0.05, 0.1) is 11.4 Å². The molecule has 0 radical (unpaired) electrons. The van der Waals surface area contributed by atoms with Crippen molar-refractivity contribution < 1.29 is 0 Å². The first-order valence-electron chi connectivity index (χ1n) is 8.52. The Balaban J connectivity index is 1.45. The Bertz CT molecular complexity index is 1100. The van der Waals surface area contributed by atoms with Crippen molar-refractivity contribution in [3.05, 3.63) is 51.5 Å². The molecule has 0 fully saturated rings. The summed E-state index contributed by atoms with van der Waals surface area (Å²) < 4.78 is 2.00. The summed E-state index contributed by atoms with van der Waals surface area (Å²) in [6.07, 6.45) is 3.74. The Morgan fingerprint density at radius 1 is 1.41 bits per heavy atom. The van der Waals surface area contributed by atoms with Crippen molar-refractivity contribution in [2.75, 3.05) is 12.3 Å². The van der Waals surface area contributed by atoms with E-state index in [9.17, 15) is 4.79 Å². The van der Waals surface area contributed by atoms with Gasteiger partial charge in [0.15, 0.2) is 5.16 Å². The molecule has 0 aliphatic rings. The number of hydrogen-bond donors (Lipinski definition) is 2. The van der Waals surface area contributed by atoms with E-state index >= 15 is 0 Å². The smallest absolute Gasteiger partial charge is 0.260 e. The number of hydrogen-bond acceptors (Lipinski definition) is 7. The number of rotatable bonds is 7. The highest BCUT2D eigenvalue weighted by atomic mass is 32.2.